The van der Waals surface area contributed by atoms with Gasteiger partial charge >= 0.3 is 17.9 Å². The molecular formula is C75H110O6. The number of carbonyl (C=O) groups excluding carboxylic acids is 3. The second kappa shape index (κ2) is 66.2. The Balaban J connectivity index is 4.50. The Hall–Kier alpha value is -6.27. The summed E-state index contributed by atoms with van der Waals surface area (Å²) in [6, 6.07) is 0. The van der Waals surface area contributed by atoms with Crippen molar-refractivity contribution in [1.29, 1.82) is 0 Å². The largest absolute Gasteiger partial charge is 0.462 e. The number of rotatable bonds is 53. The minimum absolute atomic E-state index is 0.143. The number of esters is 3. The summed E-state index contributed by atoms with van der Waals surface area (Å²) in [6.45, 7) is 6.15. The molecule has 446 valence electrons. The van der Waals surface area contributed by atoms with Crippen LogP contribution in [0.1, 0.15) is 213 Å². The summed E-state index contributed by atoms with van der Waals surface area (Å²) in [4.78, 5) is 38.2. The Morgan fingerprint density at radius 1 is 0.247 bits per heavy atom. The van der Waals surface area contributed by atoms with Gasteiger partial charge < -0.3 is 14.2 Å². The zero-order valence-electron chi connectivity index (χ0n) is 50.9. The van der Waals surface area contributed by atoms with Crippen molar-refractivity contribution in [1.82, 2.24) is 0 Å². The van der Waals surface area contributed by atoms with Crippen LogP contribution < -0.4 is 0 Å². The molecule has 0 saturated carbocycles. The van der Waals surface area contributed by atoms with Gasteiger partial charge in [0.1, 0.15) is 13.2 Å². The van der Waals surface area contributed by atoms with Crippen molar-refractivity contribution in [3.63, 3.8) is 0 Å². The fourth-order valence-electron chi connectivity index (χ4n) is 7.40. The molecule has 0 aromatic rings. The first-order chi connectivity index (χ1) is 40.0. The molecule has 0 aliphatic carbocycles. The first-order valence-electron chi connectivity index (χ1n) is 31.2. The topological polar surface area (TPSA) is 78.9 Å². The summed E-state index contributed by atoms with van der Waals surface area (Å²) in [5, 5.41) is 0. The maximum absolute atomic E-state index is 12.9. The summed E-state index contributed by atoms with van der Waals surface area (Å²) in [5.41, 5.74) is 0. The lowest BCUT2D eigenvalue weighted by Gasteiger charge is -2.18. The molecule has 1 atom stereocenters. The SMILES string of the molecule is CC/C=C\C/C=C\C/C=C\C/C=C\C/C=C\C/C=C\C/C=C\C/C=C\C/C=C\C/C=C\CCCCC(=O)OCC(COC(=O)CCCCC/C=C\C/C=C\C/C=C\CC)OC(=O)CCC/C=C\C/C=C\C/C=C\C/C=C\C/C=C\CC. The highest BCUT2D eigenvalue weighted by atomic mass is 16.6. The van der Waals surface area contributed by atoms with Crippen LogP contribution in [0.4, 0.5) is 0 Å². The predicted molar refractivity (Wildman–Crippen MR) is 352 cm³/mol. The molecule has 0 aromatic carbocycles. The smallest absolute Gasteiger partial charge is 0.306 e. The molecule has 6 heteroatoms. The van der Waals surface area contributed by atoms with Crippen LogP contribution in [0.3, 0.4) is 0 Å². The standard InChI is InChI=1S/C75H110O6/c1-4-7-10-13-16-19-22-25-27-29-30-31-32-33-34-35-36-37-38-39-40-41-42-43-44-46-47-50-53-56-59-62-65-68-74(77)80-71-72(70-79-73(76)67-64-61-58-55-52-49-24-21-18-15-12-9-6-3)81-75(78)69-66-63-60-57-54-51-48-45-28-26-23-20-17-14-11-8-5-2/h7-12,16-21,25-28,30-31,33-34,36-37,39-40,42-43,46-49,51-53,56-57,60,72H,4-6,13-15,22-24,29,32,35,38,41,44-45,50,54-55,58-59,61-71H2,1-3H3/b10-7-,11-8-,12-9-,19-16-,20-17-,21-18-,27-25-,28-26-,31-30-,34-33-,37-36-,40-39-,43-42-,47-46-,51-48-,52-49-,56-53-,60-57-. The molecule has 1 unspecified atom stereocenters. The van der Waals surface area contributed by atoms with E-state index in [-0.39, 0.29) is 38.0 Å². The molecular weight excluding hydrogens is 997 g/mol. The zero-order chi connectivity index (χ0) is 58.5. The van der Waals surface area contributed by atoms with Crippen molar-refractivity contribution in [2.45, 2.75) is 219 Å². The van der Waals surface area contributed by atoms with Crippen LogP contribution in [0.15, 0.2) is 219 Å². The molecule has 0 aliphatic heterocycles. The zero-order valence-corrected chi connectivity index (χ0v) is 50.9. The third-order valence-electron chi connectivity index (χ3n) is 12.0. The fourth-order valence-corrected chi connectivity index (χ4v) is 7.40. The van der Waals surface area contributed by atoms with Crippen molar-refractivity contribution in [2.24, 2.45) is 0 Å². The van der Waals surface area contributed by atoms with E-state index in [9.17, 15) is 14.4 Å². The second-order valence-electron chi connectivity index (χ2n) is 19.5. The molecule has 0 rings (SSSR count). The number of hydrogen-bond acceptors (Lipinski definition) is 6. The molecule has 0 aromatic heterocycles. The van der Waals surface area contributed by atoms with Crippen molar-refractivity contribution in [3.05, 3.63) is 219 Å². The van der Waals surface area contributed by atoms with Gasteiger partial charge in [0, 0.05) is 19.3 Å². The van der Waals surface area contributed by atoms with E-state index >= 15 is 0 Å². The summed E-state index contributed by atoms with van der Waals surface area (Å²) in [7, 11) is 0. The minimum atomic E-state index is -0.853. The Morgan fingerprint density at radius 2 is 0.457 bits per heavy atom. The Kier molecular flexibility index (Phi) is 61.1. The normalized spacial score (nSPS) is 13.7. The lowest BCUT2D eigenvalue weighted by molar-refractivity contribution is -0.167. The van der Waals surface area contributed by atoms with Gasteiger partial charge in [-0.1, -0.05) is 246 Å². The Labute approximate surface area is 495 Å². The molecule has 6 nitrogen and oxygen atoms in total. The van der Waals surface area contributed by atoms with Crippen LogP contribution in [-0.4, -0.2) is 37.2 Å². The first-order valence-corrected chi connectivity index (χ1v) is 31.2. The molecule has 81 heavy (non-hydrogen) atoms. The highest BCUT2D eigenvalue weighted by molar-refractivity contribution is 5.71. The molecule has 0 fully saturated rings. The van der Waals surface area contributed by atoms with Gasteiger partial charge in [0.05, 0.1) is 0 Å². The van der Waals surface area contributed by atoms with Crippen LogP contribution in [0.2, 0.25) is 0 Å². The van der Waals surface area contributed by atoms with E-state index in [0.717, 1.165) is 161 Å². The van der Waals surface area contributed by atoms with Gasteiger partial charge in [0.15, 0.2) is 6.10 Å². The van der Waals surface area contributed by atoms with Gasteiger partial charge in [0.25, 0.3) is 0 Å². The van der Waals surface area contributed by atoms with Crippen LogP contribution >= 0.6 is 0 Å². The van der Waals surface area contributed by atoms with E-state index in [0.29, 0.717) is 19.3 Å². The molecule has 0 N–H and O–H groups in total. The fraction of sp³-hybridized carbons (Fsp3) is 0.480. The number of unbranched alkanes of at least 4 members (excludes halogenated alkanes) is 6. The van der Waals surface area contributed by atoms with Crippen LogP contribution in [0, 0.1) is 0 Å². The molecule has 0 radical (unpaired) electrons. The number of hydrogen-bond donors (Lipinski definition) is 0. The monoisotopic (exact) mass is 1110 g/mol. The number of ether oxygens (including phenoxy) is 3. The van der Waals surface area contributed by atoms with E-state index in [4.69, 9.17) is 14.2 Å². The molecule has 0 spiro atoms. The second-order valence-corrected chi connectivity index (χ2v) is 19.5. The van der Waals surface area contributed by atoms with E-state index in [2.05, 4.69) is 240 Å². The van der Waals surface area contributed by atoms with Gasteiger partial charge in [-0.15, -0.1) is 0 Å². The Morgan fingerprint density at radius 3 is 0.728 bits per heavy atom. The van der Waals surface area contributed by atoms with Gasteiger partial charge in [-0.2, -0.15) is 0 Å². The maximum atomic E-state index is 12.9. The molecule has 0 saturated heterocycles. The molecule has 0 heterocycles. The van der Waals surface area contributed by atoms with Crippen molar-refractivity contribution in [2.75, 3.05) is 13.2 Å². The van der Waals surface area contributed by atoms with Crippen molar-refractivity contribution in [3.8, 4) is 0 Å². The van der Waals surface area contributed by atoms with E-state index in [1.807, 2.05) is 0 Å². The van der Waals surface area contributed by atoms with Gasteiger partial charge in [-0.05, 0) is 167 Å². The van der Waals surface area contributed by atoms with Crippen LogP contribution in [-0.2, 0) is 28.6 Å². The third-order valence-corrected chi connectivity index (χ3v) is 12.0. The van der Waals surface area contributed by atoms with Crippen LogP contribution in [0.5, 0.6) is 0 Å². The van der Waals surface area contributed by atoms with Crippen molar-refractivity contribution < 1.29 is 28.6 Å². The highest BCUT2D eigenvalue weighted by Crippen LogP contribution is 2.10. The number of carbonyl (C=O) groups is 3. The van der Waals surface area contributed by atoms with E-state index in [1.54, 1.807) is 0 Å². The highest BCUT2D eigenvalue weighted by Gasteiger charge is 2.19. The summed E-state index contributed by atoms with van der Waals surface area (Å²) in [6.07, 6.45) is 104. The first kappa shape index (κ1) is 74.7. The molecule has 0 bridgehead atoms. The average molecular weight is 1110 g/mol. The molecule has 0 amide bonds. The molecule has 0 aliphatic rings. The summed E-state index contributed by atoms with van der Waals surface area (Å²) >= 11 is 0. The van der Waals surface area contributed by atoms with E-state index < -0.39 is 12.1 Å². The minimum Gasteiger partial charge on any atom is -0.462 e. The lowest BCUT2D eigenvalue weighted by Crippen LogP contribution is -2.30. The number of allylic oxidation sites excluding steroid dienone is 36. The van der Waals surface area contributed by atoms with Gasteiger partial charge in [0.2, 0.25) is 0 Å². The van der Waals surface area contributed by atoms with Crippen molar-refractivity contribution >= 4 is 17.9 Å². The Bertz CT molecular complexity index is 2050. The summed E-state index contributed by atoms with van der Waals surface area (Å²) < 4.78 is 16.7. The third kappa shape index (κ3) is 64.4. The van der Waals surface area contributed by atoms with Crippen LogP contribution in [0.25, 0.3) is 0 Å². The quantitative estimate of drug-likeness (QED) is 0.0261. The van der Waals surface area contributed by atoms with Gasteiger partial charge in [-0.3, -0.25) is 14.4 Å². The summed E-state index contributed by atoms with van der Waals surface area (Å²) in [5.74, 6) is -1.09. The maximum Gasteiger partial charge on any atom is 0.306 e. The average Bonchev–Trinajstić information content (AvgIpc) is 3.46. The lowest BCUT2D eigenvalue weighted by atomic mass is 10.1. The van der Waals surface area contributed by atoms with Gasteiger partial charge in [-0.25, -0.2) is 0 Å². The predicted octanol–water partition coefficient (Wildman–Crippen LogP) is 21.8. The van der Waals surface area contributed by atoms with E-state index in [1.165, 1.54) is 0 Å².